The quantitative estimate of drug-likeness (QED) is 0.812. The Bertz CT molecular complexity index is 434. The summed E-state index contributed by atoms with van der Waals surface area (Å²) in [4.78, 5) is 23.4. The van der Waals surface area contributed by atoms with Crippen LogP contribution in [0.1, 0.15) is 36.9 Å². The predicted molar refractivity (Wildman–Crippen MR) is 66.2 cm³/mol. The maximum atomic E-state index is 11.9. The van der Waals surface area contributed by atoms with Crippen molar-refractivity contribution in [1.29, 1.82) is 0 Å². The Kier molecular flexibility index (Phi) is 4.53. The highest BCUT2D eigenvalue weighted by atomic mass is 16.5. The Morgan fingerprint density at radius 2 is 2.11 bits per heavy atom. The highest BCUT2D eigenvalue weighted by molar-refractivity contribution is 5.95. The molecular formula is C13H19NO4. The number of carbonyl (C=O) groups excluding carboxylic acids is 2. The first-order chi connectivity index (χ1) is 8.42. The zero-order valence-corrected chi connectivity index (χ0v) is 11.2. The second-order valence-corrected chi connectivity index (χ2v) is 4.67. The molecule has 0 aliphatic heterocycles. The number of aryl methyl sites for hydroxylation is 1. The molecule has 0 saturated carbocycles. The molecule has 18 heavy (non-hydrogen) atoms. The van der Waals surface area contributed by atoms with Crippen molar-refractivity contribution in [2.45, 2.75) is 27.2 Å². The van der Waals surface area contributed by atoms with Crippen molar-refractivity contribution < 1.29 is 18.7 Å². The van der Waals surface area contributed by atoms with E-state index >= 15 is 0 Å². The number of hydrogen-bond acceptors (Lipinski definition) is 4. The lowest BCUT2D eigenvalue weighted by Gasteiger charge is -2.21. The molecule has 0 aliphatic rings. The van der Waals surface area contributed by atoms with Gasteiger partial charge in [-0.15, -0.1) is 0 Å². The molecule has 0 spiro atoms. The molecule has 0 aliphatic carbocycles. The summed E-state index contributed by atoms with van der Waals surface area (Å²) in [6.07, 6.45) is 2.13. The summed E-state index contributed by atoms with van der Waals surface area (Å²) in [6, 6.07) is 1.62. The topological polar surface area (TPSA) is 68.5 Å². The minimum atomic E-state index is -0.749. The van der Waals surface area contributed by atoms with E-state index in [-0.39, 0.29) is 18.4 Å². The number of nitrogens with one attached hydrogen (secondary N) is 1. The van der Waals surface area contributed by atoms with E-state index in [0.29, 0.717) is 17.7 Å². The highest BCUT2D eigenvalue weighted by Gasteiger charge is 2.29. The highest BCUT2D eigenvalue weighted by Crippen LogP contribution is 2.16. The maximum Gasteiger partial charge on any atom is 0.313 e. The smallest absolute Gasteiger partial charge is 0.313 e. The lowest BCUT2D eigenvalue weighted by molar-refractivity contribution is -0.150. The average molecular weight is 253 g/mol. The SMILES string of the molecule is CCc1occc1C(=O)NCC(C)(C)C(=O)OC. The monoisotopic (exact) mass is 253 g/mol. The predicted octanol–water partition coefficient (Wildman–Crippen LogP) is 1.77. The number of furan rings is 1. The van der Waals surface area contributed by atoms with E-state index in [2.05, 4.69) is 10.1 Å². The van der Waals surface area contributed by atoms with Gasteiger partial charge in [0.05, 0.1) is 24.4 Å². The molecule has 0 atom stereocenters. The standard InChI is InChI=1S/C13H19NO4/c1-5-10-9(6-7-18-10)11(15)14-8-13(2,3)12(16)17-4/h6-7H,5,8H2,1-4H3,(H,14,15). The Morgan fingerprint density at radius 3 is 2.67 bits per heavy atom. The van der Waals surface area contributed by atoms with Gasteiger partial charge in [-0.05, 0) is 19.9 Å². The summed E-state index contributed by atoms with van der Waals surface area (Å²) >= 11 is 0. The van der Waals surface area contributed by atoms with Crippen LogP contribution in [0.5, 0.6) is 0 Å². The molecule has 0 aromatic carbocycles. The largest absolute Gasteiger partial charge is 0.469 e. The van der Waals surface area contributed by atoms with Crippen molar-refractivity contribution in [1.82, 2.24) is 5.32 Å². The zero-order valence-electron chi connectivity index (χ0n) is 11.2. The number of esters is 1. The van der Waals surface area contributed by atoms with Crippen LogP contribution in [-0.2, 0) is 16.0 Å². The van der Waals surface area contributed by atoms with Gasteiger partial charge in [-0.2, -0.15) is 0 Å². The van der Waals surface area contributed by atoms with Gasteiger partial charge >= 0.3 is 5.97 Å². The van der Waals surface area contributed by atoms with Crippen molar-refractivity contribution in [3.8, 4) is 0 Å². The van der Waals surface area contributed by atoms with Gasteiger partial charge in [0.2, 0.25) is 0 Å². The summed E-state index contributed by atoms with van der Waals surface area (Å²) in [5.41, 5.74) is -0.237. The van der Waals surface area contributed by atoms with E-state index in [4.69, 9.17) is 4.42 Å². The molecule has 1 amide bonds. The molecule has 0 bridgehead atoms. The number of methoxy groups -OCH3 is 1. The van der Waals surface area contributed by atoms with Gasteiger partial charge in [0.15, 0.2) is 0 Å². The van der Waals surface area contributed by atoms with Crippen molar-refractivity contribution in [2.75, 3.05) is 13.7 Å². The van der Waals surface area contributed by atoms with Gasteiger partial charge in [0.1, 0.15) is 5.76 Å². The van der Waals surface area contributed by atoms with Crippen LogP contribution in [0.15, 0.2) is 16.7 Å². The van der Waals surface area contributed by atoms with Crippen LogP contribution < -0.4 is 5.32 Å². The van der Waals surface area contributed by atoms with Crippen molar-refractivity contribution >= 4 is 11.9 Å². The summed E-state index contributed by atoms with van der Waals surface area (Å²) in [7, 11) is 1.33. The van der Waals surface area contributed by atoms with Gasteiger partial charge in [-0.1, -0.05) is 6.92 Å². The van der Waals surface area contributed by atoms with E-state index in [1.807, 2.05) is 6.92 Å². The molecule has 0 fully saturated rings. The molecule has 5 heteroatoms. The number of rotatable bonds is 5. The maximum absolute atomic E-state index is 11.9. The van der Waals surface area contributed by atoms with Crippen LogP contribution in [0.4, 0.5) is 0 Å². The first-order valence-corrected chi connectivity index (χ1v) is 5.85. The molecule has 100 valence electrons. The molecule has 1 aromatic heterocycles. The summed E-state index contributed by atoms with van der Waals surface area (Å²) in [5.74, 6) is 0.0478. The molecule has 1 N–H and O–H groups in total. The summed E-state index contributed by atoms with van der Waals surface area (Å²) in [5, 5.41) is 2.72. The van der Waals surface area contributed by atoms with E-state index in [1.54, 1.807) is 19.9 Å². The van der Waals surface area contributed by atoms with Crippen LogP contribution in [0.3, 0.4) is 0 Å². The fraction of sp³-hybridized carbons (Fsp3) is 0.538. The first kappa shape index (κ1) is 14.3. The Balaban J connectivity index is 2.64. The minimum absolute atomic E-state index is 0.215. The molecule has 0 radical (unpaired) electrons. The van der Waals surface area contributed by atoms with Crippen LogP contribution in [-0.4, -0.2) is 25.5 Å². The molecule has 5 nitrogen and oxygen atoms in total. The van der Waals surface area contributed by atoms with E-state index in [1.165, 1.54) is 13.4 Å². The van der Waals surface area contributed by atoms with Gasteiger partial charge in [0, 0.05) is 13.0 Å². The van der Waals surface area contributed by atoms with Gasteiger partial charge in [-0.25, -0.2) is 0 Å². The second-order valence-electron chi connectivity index (χ2n) is 4.67. The van der Waals surface area contributed by atoms with Crippen molar-refractivity contribution in [2.24, 2.45) is 5.41 Å². The van der Waals surface area contributed by atoms with Gasteiger partial charge in [0.25, 0.3) is 5.91 Å². The number of carbonyl (C=O) groups is 2. The van der Waals surface area contributed by atoms with E-state index in [0.717, 1.165) is 0 Å². The third-order valence-electron chi connectivity index (χ3n) is 2.74. The second kappa shape index (κ2) is 5.71. The Morgan fingerprint density at radius 1 is 1.44 bits per heavy atom. The lowest BCUT2D eigenvalue weighted by atomic mass is 9.93. The Hall–Kier alpha value is -1.78. The molecule has 1 aromatic rings. The van der Waals surface area contributed by atoms with E-state index in [9.17, 15) is 9.59 Å². The van der Waals surface area contributed by atoms with Crippen molar-refractivity contribution in [3.63, 3.8) is 0 Å². The van der Waals surface area contributed by atoms with Crippen molar-refractivity contribution in [3.05, 3.63) is 23.7 Å². The summed E-state index contributed by atoms with van der Waals surface area (Å²) < 4.78 is 9.86. The number of ether oxygens (including phenoxy) is 1. The fourth-order valence-corrected chi connectivity index (χ4v) is 1.56. The Labute approximate surface area is 106 Å². The van der Waals surface area contributed by atoms with Gasteiger partial charge in [-0.3, -0.25) is 9.59 Å². The van der Waals surface area contributed by atoms with Crippen LogP contribution >= 0.6 is 0 Å². The van der Waals surface area contributed by atoms with Crippen LogP contribution in [0.2, 0.25) is 0 Å². The van der Waals surface area contributed by atoms with E-state index < -0.39 is 5.41 Å². The minimum Gasteiger partial charge on any atom is -0.469 e. The fourth-order valence-electron chi connectivity index (χ4n) is 1.56. The summed E-state index contributed by atoms with van der Waals surface area (Å²) in [6.45, 7) is 5.56. The molecule has 1 rings (SSSR count). The normalized spacial score (nSPS) is 11.1. The third kappa shape index (κ3) is 3.12. The molecular weight excluding hydrogens is 234 g/mol. The lowest BCUT2D eigenvalue weighted by Crippen LogP contribution is -2.39. The van der Waals surface area contributed by atoms with Crippen LogP contribution in [0, 0.1) is 5.41 Å². The average Bonchev–Trinajstić information content (AvgIpc) is 2.83. The van der Waals surface area contributed by atoms with Crippen LogP contribution in [0.25, 0.3) is 0 Å². The zero-order chi connectivity index (χ0) is 13.8. The molecule has 1 heterocycles. The van der Waals surface area contributed by atoms with Gasteiger partial charge < -0.3 is 14.5 Å². The number of amides is 1. The first-order valence-electron chi connectivity index (χ1n) is 5.85. The number of hydrogen-bond donors (Lipinski definition) is 1. The molecule has 0 unspecified atom stereocenters. The molecule has 0 saturated heterocycles. The third-order valence-corrected chi connectivity index (χ3v) is 2.74.